The number of benzene rings is 1. The summed E-state index contributed by atoms with van der Waals surface area (Å²) >= 11 is 5.76. The van der Waals surface area contributed by atoms with Crippen LogP contribution in [0.25, 0.3) is 5.69 Å². The molecule has 4 rings (SSSR count). The van der Waals surface area contributed by atoms with Crippen molar-refractivity contribution in [3.8, 4) is 11.4 Å². The lowest BCUT2D eigenvalue weighted by Gasteiger charge is -2.30. The fourth-order valence-electron chi connectivity index (χ4n) is 3.96. The molecule has 1 aromatic carbocycles. The molecular weight excluding hydrogens is 394 g/mol. The van der Waals surface area contributed by atoms with E-state index in [0.29, 0.717) is 0 Å². The zero-order valence-electron chi connectivity index (χ0n) is 17.5. The second-order valence-corrected chi connectivity index (χ2v) is 7.98. The van der Waals surface area contributed by atoms with Crippen LogP contribution >= 0.6 is 12.2 Å². The molecule has 0 amide bonds. The van der Waals surface area contributed by atoms with Gasteiger partial charge in [0.05, 0.1) is 30.6 Å². The number of hydrogen-bond acceptors (Lipinski definition) is 4. The Morgan fingerprint density at radius 2 is 1.90 bits per heavy atom. The fourth-order valence-corrected chi connectivity index (χ4v) is 4.29. The highest BCUT2D eigenvalue weighted by Crippen LogP contribution is 2.40. The number of likely N-dealkylation sites (N-methyl/N-ethyl adjacent to an activating group) is 1. The van der Waals surface area contributed by atoms with Crippen LogP contribution in [0.3, 0.4) is 0 Å². The Balaban J connectivity index is 1.80. The highest BCUT2D eigenvalue weighted by atomic mass is 32.1. The minimum absolute atomic E-state index is 0.00672. The number of nitrogens with zero attached hydrogens (tertiary/aromatic N) is 4. The van der Waals surface area contributed by atoms with Gasteiger partial charge in [-0.3, -0.25) is 4.98 Å². The fraction of sp³-hybridized carbons (Fsp3) is 0.304. The molecule has 2 atom stereocenters. The molecule has 3 aromatic rings. The molecule has 6 nitrogen and oxygen atoms in total. The van der Waals surface area contributed by atoms with E-state index in [1.54, 1.807) is 7.11 Å². The molecule has 1 fully saturated rings. The number of rotatable bonds is 7. The number of pyridine rings is 1. The van der Waals surface area contributed by atoms with Crippen molar-refractivity contribution < 1.29 is 4.74 Å². The molecule has 0 bridgehead atoms. The summed E-state index contributed by atoms with van der Waals surface area (Å²) in [6, 6.07) is 18.3. The first kappa shape index (κ1) is 20.4. The zero-order chi connectivity index (χ0) is 21.1. The highest BCUT2D eigenvalue weighted by molar-refractivity contribution is 7.80. The lowest BCUT2D eigenvalue weighted by Crippen LogP contribution is -2.36. The van der Waals surface area contributed by atoms with Crippen LogP contribution < -0.4 is 10.1 Å². The molecule has 1 N–H and O–H groups in total. The van der Waals surface area contributed by atoms with Crippen molar-refractivity contribution >= 4 is 17.3 Å². The van der Waals surface area contributed by atoms with Crippen molar-refractivity contribution in [1.82, 2.24) is 24.7 Å². The number of aromatic nitrogens is 2. The summed E-state index contributed by atoms with van der Waals surface area (Å²) in [5.41, 5.74) is 3.12. The van der Waals surface area contributed by atoms with Crippen LogP contribution in [0.1, 0.15) is 23.5 Å². The molecule has 156 valence electrons. The molecule has 1 saturated heterocycles. The highest BCUT2D eigenvalue weighted by Gasteiger charge is 2.41. The van der Waals surface area contributed by atoms with Crippen molar-refractivity contribution in [2.75, 3.05) is 34.3 Å². The van der Waals surface area contributed by atoms with Crippen molar-refractivity contribution in [2.45, 2.75) is 12.1 Å². The standard InChI is InChI=1S/C23H27N5OS/c1-26(2)15-16-28-22(21(25-23(28)30)17-9-6-7-13-24-17)19-11-8-14-27(19)18-10-4-5-12-20(18)29-3/h4-14,21-22H,15-16H2,1-3H3,(H,25,30)/t21-,22+/m0/s1. The number of thiocarbonyl (C=S) groups is 1. The van der Waals surface area contributed by atoms with Gasteiger partial charge in [0.1, 0.15) is 5.75 Å². The average molecular weight is 422 g/mol. The maximum atomic E-state index is 5.76. The van der Waals surface area contributed by atoms with Crippen LogP contribution in [0.15, 0.2) is 67.0 Å². The number of hydrogen-bond donors (Lipinski definition) is 1. The first-order valence-electron chi connectivity index (χ1n) is 10.0. The summed E-state index contributed by atoms with van der Waals surface area (Å²) in [7, 11) is 5.86. The van der Waals surface area contributed by atoms with Crippen LogP contribution in [-0.2, 0) is 0 Å². The van der Waals surface area contributed by atoms with Crippen LogP contribution in [-0.4, -0.2) is 58.8 Å². The quantitative estimate of drug-likeness (QED) is 0.590. The van der Waals surface area contributed by atoms with Gasteiger partial charge in [0.15, 0.2) is 5.11 Å². The zero-order valence-corrected chi connectivity index (χ0v) is 18.3. The second-order valence-electron chi connectivity index (χ2n) is 7.60. The van der Waals surface area contributed by atoms with Gasteiger partial charge in [-0.2, -0.15) is 0 Å². The Bertz CT molecular complexity index is 1000. The van der Waals surface area contributed by atoms with Crippen LogP contribution in [0.4, 0.5) is 0 Å². The van der Waals surface area contributed by atoms with Crippen molar-refractivity contribution in [2.24, 2.45) is 0 Å². The molecule has 1 aliphatic heterocycles. The lowest BCUT2D eigenvalue weighted by atomic mass is 10.0. The Hall–Kier alpha value is -2.90. The summed E-state index contributed by atoms with van der Waals surface area (Å²) < 4.78 is 7.82. The maximum absolute atomic E-state index is 5.76. The average Bonchev–Trinajstić information content (AvgIpc) is 3.36. The third-order valence-corrected chi connectivity index (χ3v) is 5.77. The minimum Gasteiger partial charge on any atom is -0.495 e. The van der Waals surface area contributed by atoms with Crippen LogP contribution in [0, 0.1) is 0 Å². The Morgan fingerprint density at radius 1 is 1.10 bits per heavy atom. The van der Waals surface area contributed by atoms with E-state index in [2.05, 4.69) is 69.2 Å². The minimum atomic E-state index is -0.0378. The van der Waals surface area contributed by atoms with E-state index in [4.69, 9.17) is 17.0 Å². The van der Waals surface area contributed by atoms with Gasteiger partial charge in [-0.25, -0.2) is 0 Å². The molecule has 0 spiro atoms. The topological polar surface area (TPSA) is 45.6 Å². The molecule has 2 aromatic heterocycles. The van der Waals surface area contributed by atoms with Gasteiger partial charge >= 0.3 is 0 Å². The first-order valence-corrected chi connectivity index (χ1v) is 10.4. The normalized spacial score (nSPS) is 18.7. The van der Waals surface area contributed by atoms with E-state index < -0.39 is 0 Å². The third kappa shape index (κ3) is 3.91. The van der Waals surface area contributed by atoms with Gasteiger partial charge in [0, 0.05) is 31.2 Å². The molecule has 1 aliphatic rings. The number of methoxy groups -OCH3 is 1. The smallest absolute Gasteiger partial charge is 0.170 e. The van der Waals surface area contributed by atoms with E-state index in [9.17, 15) is 0 Å². The summed E-state index contributed by atoms with van der Waals surface area (Å²) in [6.07, 6.45) is 3.91. The molecule has 0 radical (unpaired) electrons. The number of nitrogens with one attached hydrogen (secondary N) is 1. The third-order valence-electron chi connectivity index (χ3n) is 5.41. The lowest BCUT2D eigenvalue weighted by molar-refractivity contribution is 0.272. The van der Waals surface area contributed by atoms with Gasteiger partial charge in [-0.1, -0.05) is 18.2 Å². The van der Waals surface area contributed by atoms with Gasteiger partial charge < -0.3 is 24.4 Å². The summed E-state index contributed by atoms with van der Waals surface area (Å²) in [5, 5.41) is 4.28. The van der Waals surface area contributed by atoms with Gasteiger partial charge in [-0.05, 0) is 62.7 Å². The van der Waals surface area contributed by atoms with E-state index in [1.165, 1.54) is 0 Å². The Labute approximate surface area is 183 Å². The molecule has 0 saturated carbocycles. The Morgan fingerprint density at radius 3 is 2.63 bits per heavy atom. The SMILES string of the molecule is COc1ccccc1-n1cccc1[C@@H]1[C@H](c2ccccn2)NC(=S)N1CCN(C)C. The summed E-state index contributed by atoms with van der Waals surface area (Å²) in [6.45, 7) is 1.73. The maximum Gasteiger partial charge on any atom is 0.170 e. The predicted octanol–water partition coefficient (Wildman–Crippen LogP) is 3.42. The molecule has 0 unspecified atom stereocenters. The van der Waals surface area contributed by atoms with Crippen molar-refractivity contribution in [1.29, 1.82) is 0 Å². The van der Waals surface area contributed by atoms with E-state index in [0.717, 1.165) is 41.0 Å². The largest absolute Gasteiger partial charge is 0.495 e. The van der Waals surface area contributed by atoms with Gasteiger partial charge in [0.2, 0.25) is 0 Å². The van der Waals surface area contributed by atoms with Crippen LogP contribution in [0.2, 0.25) is 0 Å². The summed E-state index contributed by atoms with van der Waals surface area (Å²) in [4.78, 5) is 9.08. The Kier molecular flexibility index (Phi) is 6.01. The number of ether oxygens (including phenoxy) is 1. The van der Waals surface area contributed by atoms with Crippen LogP contribution in [0.5, 0.6) is 5.75 Å². The molecular formula is C23H27N5OS. The van der Waals surface area contributed by atoms with E-state index in [1.807, 2.05) is 36.5 Å². The van der Waals surface area contributed by atoms with Gasteiger partial charge in [0.25, 0.3) is 0 Å². The molecule has 0 aliphatic carbocycles. The summed E-state index contributed by atoms with van der Waals surface area (Å²) in [5.74, 6) is 0.831. The molecule has 7 heteroatoms. The first-order chi connectivity index (χ1) is 14.6. The van der Waals surface area contributed by atoms with Crippen molar-refractivity contribution in [3.63, 3.8) is 0 Å². The molecule has 30 heavy (non-hydrogen) atoms. The molecule has 3 heterocycles. The van der Waals surface area contributed by atoms with E-state index in [-0.39, 0.29) is 12.1 Å². The van der Waals surface area contributed by atoms with E-state index >= 15 is 0 Å². The number of para-hydroxylation sites is 2. The van der Waals surface area contributed by atoms with Gasteiger partial charge in [-0.15, -0.1) is 0 Å². The monoisotopic (exact) mass is 421 g/mol. The second kappa shape index (κ2) is 8.85. The predicted molar refractivity (Wildman–Crippen MR) is 123 cm³/mol. The van der Waals surface area contributed by atoms with Crippen molar-refractivity contribution in [3.05, 3.63) is 78.4 Å².